The maximum absolute atomic E-state index is 5.63. The molecule has 2 aromatic rings. The molecule has 0 fully saturated rings. The Hall–Kier alpha value is -1.01. The third-order valence-electron chi connectivity index (χ3n) is 2.35. The van der Waals surface area contributed by atoms with Crippen molar-refractivity contribution in [2.24, 2.45) is 0 Å². The first-order valence-electron chi connectivity index (χ1n) is 5.77. The van der Waals surface area contributed by atoms with E-state index in [2.05, 4.69) is 26.2 Å². The van der Waals surface area contributed by atoms with E-state index in [1.807, 2.05) is 27.0 Å². The molecule has 0 radical (unpaired) electrons. The fourth-order valence-electron chi connectivity index (χ4n) is 1.63. The van der Waals surface area contributed by atoms with Gasteiger partial charge in [-0.1, -0.05) is 11.3 Å². The normalized spacial score (nSPS) is 10.7. The highest BCUT2D eigenvalue weighted by Gasteiger charge is 2.16. The zero-order valence-electron chi connectivity index (χ0n) is 10.5. The van der Waals surface area contributed by atoms with E-state index in [-0.39, 0.29) is 0 Å². The number of rotatable bonds is 5. The maximum Gasteiger partial charge on any atom is 0.183 e. The van der Waals surface area contributed by atoms with Crippen LogP contribution in [0.4, 0.5) is 5.13 Å². The number of benzene rings is 1. The Bertz CT molecular complexity index is 556. The van der Waals surface area contributed by atoms with Gasteiger partial charge in [0, 0.05) is 13.1 Å². The first kappa shape index (κ1) is 13.4. The van der Waals surface area contributed by atoms with Gasteiger partial charge < -0.3 is 14.8 Å². The number of fused-ring (bicyclic) bond motifs is 1. The van der Waals surface area contributed by atoms with Crippen LogP contribution in [0.1, 0.15) is 13.8 Å². The van der Waals surface area contributed by atoms with Gasteiger partial charge in [-0.25, -0.2) is 4.98 Å². The molecule has 0 unspecified atom stereocenters. The van der Waals surface area contributed by atoms with E-state index >= 15 is 0 Å². The largest absolute Gasteiger partial charge is 0.492 e. The van der Waals surface area contributed by atoms with Gasteiger partial charge >= 0.3 is 0 Å². The van der Waals surface area contributed by atoms with E-state index in [9.17, 15) is 0 Å². The Morgan fingerprint density at radius 3 is 2.56 bits per heavy atom. The molecule has 2 rings (SSSR count). The van der Waals surface area contributed by atoms with Gasteiger partial charge in [0.05, 0.1) is 22.4 Å². The molecule has 0 aliphatic rings. The van der Waals surface area contributed by atoms with Crippen LogP contribution in [-0.2, 0) is 0 Å². The summed E-state index contributed by atoms with van der Waals surface area (Å²) in [4.78, 5) is 4.51. The van der Waals surface area contributed by atoms with Crippen molar-refractivity contribution in [3.63, 3.8) is 0 Å². The van der Waals surface area contributed by atoms with Crippen molar-refractivity contribution >= 4 is 42.6 Å². The molecule has 1 aromatic heterocycles. The van der Waals surface area contributed by atoms with Crippen molar-refractivity contribution in [2.45, 2.75) is 13.8 Å². The van der Waals surface area contributed by atoms with Crippen LogP contribution in [0, 0.1) is 0 Å². The monoisotopic (exact) mass is 330 g/mol. The summed E-state index contributed by atoms with van der Waals surface area (Å²) in [5.74, 6) is 1.55. The standard InChI is InChI=1S/C12H15BrN2O2S/c1-4-16-7-6-8(17-5-2)10-11(9(7)13)18-12(14-3)15-10/h6H,4-5H2,1-3H3,(H,14,15). The number of nitrogens with zero attached hydrogens (tertiary/aromatic N) is 1. The zero-order valence-corrected chi connectivity index (χ0v) is 12.9. The lowest BCUT2D eigenvalue weighted by atomic mass is 10.3. The second-order valence-electron chi connectivity index (χ2n) is 3.50. The van der Waals surface area contributed by atoms with Crippen LogP contribution in [0.25, 0.3) is 10.2 Å². The molecule has 0 spiro atoms. The Labute approximate surface area is 118 Å². The van der Waals surface area contributed by atoms with E-state index in [1.165, 1.54) is 0 Å². The molecule has 0 atom stereocenters. The molecule has 4 nitrogen and oxygen atoms in total. The van der Waals surface area contributed by atoms with Crippen LogP contribution in [0.2, 0.25) is 0 Å². The molecule has 0 bridgehead atoms. The van der Waals surface area contributed by atoms with Gasteiger partial charge in [0.1, 0.15) is 17.0 Å². The van der Waals surface area contributed by atoms with Crippen molar-refractivity contribution in [3.8, 4) is 11.5 Å². The van der Waals surface area contributed by atoms with Crippen LogP contribution >= 0.6 is 27.3 Å². The molecule has 6 heteroatoms. The van der Waals surface area contributed by atoms with Gasteiger partial charge in [-0.15, -0.1) is 0 Å². The number of anilines is 1. The van der Waals surface area contributed by atoms with Crippen LogP contribution in [0.3, 0.4) is 0 Å². The maximum atomic E-state index is 5.63. The minimum atomic E-state index is 0.606. The number of halogens is 1. The highest BCUT2D eigenvalue weighted by atomic mass is 79.9. The predicted molar refractivity (Wildman–Crippen MR) is 79.2 cm³/mol. The molecule has 1 aromatic carbocycles. The molecule has 0 aliphatic carbocycles. The average Bonchev–Trinajstić information content (AvgIpc) is 2.80. The molecule has 0 saturated heterocycles. The Morgan fingerprint density at radius 1 is 1.28 bits per heavy atom. The van der Waals surface area contributed by atoms with Crippen molar-refractivity contribution in [1.29, 1.82) is 0 Å². The second-order valence-corrected chi connectivity index (χ2v) is 5.29. The van der Waals surface area contributed by atoms with Gasteiger partial charge in [-0.05, 0) is 29.8 Å². The lowest BCUT2D eigenvalue weighted by Crippen LogP contribution is -1.97. The fourth-order valence-corrected chi connectivity index (χ4v) is 3.16. The first-order valence-corrected chi connectivity index (χ1v) is 7.38. The molecule has 0 amide bonds. The number of hydrogen-bond donors (Lipinski definition) is 1. The minimum Gasteiger partial charge on any atom is -0.492 e. The van der Waals surface area contributed by atoms with E-state index in [0.717, 1.165) is 31.3 Å². The second kappa shape index (κ2) is 5.75. The topological polar surface area (TPSA) is 43.4 Å². The molecule has 98 valence electrons. The van der Waals surface area contributed by atoms with E-state index < -0.39 is 0 Å². The molecule has 0 aliphatic heterocycles. The van der Waals surface area contributed by atoms with Gasteiger partial charge in [0.2, 0.25) is 0 Å². The third kappa shape index (κ3) is 2.40. The Balaban J connectivity index is 2.64. The van der Waals surface area contributed by atoms with Crippen LogP contribution in [-0.4, -0.2) is 25.2 Å². The lowest BCUT2D eigenvalue weighted by Gasteiger charge is -2.10. The lowest BCUT2D eigenvalue weighted by molar-refractivity contribution is 0.324. The summed E-state index contributed by atoms with van der Waals surface area (Å²) in [6, 6.07) is 1.89. The molecular weight excluding hydrogens is 316 g/mol. The number of ether oxygens (including phenoxy) is 2. The van der Waals surface area contributed by atoms with Crippen molar-refractivity contribution in [1.82, 2.24) is 4.98 Å². The van der Waals surface area contributed by atoms with E-state index in [1.54, 1.807) is 11.3 Å². The van der Waals surface area contributed by atoms with E-state index in [0.29, 0.717) is 13.2 Å². The summed E-state index contributed by atoms with van der Waals surface area (Å²) in [6.45, 7) is 5.14. The molecule has 1 N–H and O–H groups in total. The van der Waals surface area contributed by atoms with Crippen LogP contribution in [0.15, 0.2) is 10.5 Å². The molecule has 18 heavy (non-hydrogen) atoms. The summed E-state index contributed by atoms with van der Waals surface area (Å²) < 4.78 is 13.2. The molecule has 1 heterocycles. The van der Waals surface area contributed by atoms with Crippen molar-refractivity contribution < 1.29 is 9.47 Å². The highest BCUT2D eigenvalue weighted by Crippen LogP contribution is 2.43. The van der Waals surface area contributed by atoms with E-state index in [4.69, 9.17) is 9.47 Å². The summed E-state index contributed by atoms with van der Waals surface area (Å²) in [6.07, 6.45) is 0. The molecular formula is C12H15BrN2O2S. The average molecular weight is 331 g/mol. The Morgan fingerprint density at radius 2 is 1.94 bits per heavy atom. The quantitative estimate of drug-likeness (QED) is 0.902. The van der Waals surface area contributed by atoms with Gasteiger partial charge in [-0.2, -0.15) is 0 Å². The number of aromatic nitrogens is 1. The minimum absolute atomic E-state index is 0.606. The Kier molecular flexibility index (Phi) is 4.29. The zero-order chi connectivity index (χ0) is 13.1. The third-order valence-corrected chi connectivity index (χ3v) is 4.49. The van der Waals surface area contributed by atoms with Gasteiger partial charge in [-0.3, -0.25) is 0 Å². The van der Waals surface area contributed by atoms with Crippen molar-refractivity contribution in [3.05, 3.63) is 10.5 Å². The number of thiazole rings is 1. The number of nitrogens with one attached hydrogen (secondary N) is 1. The van der Waals surface area contributed by atoms with Crippen LogP contribution in [0.5, 0.6) is 11.5 Å². The highest BCUT2D eigenvalue weighted by molar-refractivity contribution is 9.10. The predicted octanol–water partition coefficient (Wildman–Crippen LogP) is 3.90. The number of hydrogen-bond acceptors (Lipinski definition) is 5. The first-order chi connectivity index (χ1) is 8.71. The summed E-state index contributed by atoms with van der Waals surface area (Å²) in [5, 5.41) is 3.92. The molecule has 0 saturated carbocycles. The summed E-state index contributed by atoms with van der Waals surface area (Å²) in [7, 11) is 1.86. The van der Waals surface area contributed by atoms with Gasteiger partial charge in [0.15, 0.2) is 5.13 Å². The summed E-state index contributed by atoms with van der Waals surface area (Å²) >= 11 is 5.15. The van der Waals surface area contributed by atoms with Crippen LogP contribution < -0.4 is 14.8 Å². The van der Waals surface area contributed by atoms with Crippen molar-refractivity contribution in [2.75, 3.05) is 25.6 Å². The fraction of sp³-hybridized carbons (Fsp3) is 0.417. The smallest absolute Gasteiger partial charge is 0.183 e. The summed E-state index contributed by atoms with van der Waals surface area (Å²) in [5.41, 5.74) is 0.863. The van der Waals surface area contributed by atoms with Gasteiger partial charge in [0.25, 0.3) is 0 Å². The SMILES string of the molecule is CCOc1cc(OCC)c2nc(NC)sc2c1Br.